The van der Waals surface area contributed by atoms with Gasteiger partial charge in [-0.1, -0.05) is 131 Å². The zero-order valence-electron chi connectivity index (χ0n) is 28.2. The number of hydrogen-bond donors (Lipinski definition) is 2. The van der Waals surface area contributed by atoms with Crippen molar-refractivity contribution in [3.63, 3.8) is 0 Å². The van der Waals surface area contributed by atoms with Crippen molar-refractivity contribution in [1.29, 1.82) is 0 Å². The standard InChI is InChI=1S/C46H42O2/c1-44(2)26-5-27-45(3,4)46(44)42-28-36(34-10-6-30(7-11-34)32-14-20-38(47)21-15-32)18-24-40(42)41-25-19-37(29-43(41)46)35-12-8-31(9-13-35)33-16-22-39(48)23-17-33/h6-25,28-29,47-48H,5,26-27H2,1-4H3. The zero-order valence-corrected chi connectivity index (χ0v) is 28.2. The van der Waals surface area contributed by atoms with Gasteiger partial charge in [0.05, 0.1) is 0 Å². The molecule has 0 amide bonds. The van der Waals surface area contributed by atoms with Crippen molar-refractivity contribution in [1.82, 2.24) is 0 Å². The molecule has 0 radical (unpaired) electrons. The van der Waals surface area contributed by atoms with Crippen molar-refractivity contribution >= 4 is 0 Å². The molecule has 0 aliphatic heterocycles. The van der Waals surface area contributed by atoms with Crippen molar-refractivity contribution in [2.45, 2.75) is 52.4 Å². The summed E-state index contributed by atoms with van der Waals surface area (Å²) in [6.07, 6.45) is 3.61. The molecule has 1 fully saturated rings. The van der Waals surface area contributed by atoms with Crippen LogP contribution in [0.3, 0.4) is 0 Å². The average Bonchev–Trinajstić information content (AvgIpc) is 3.39. The van der Waals surface area contributed by atoms with Crippen molar-refractivity contribution in [3.05, 3.63) is 145 Å². The second-order valence-corrected chi connectivity index (χ2v) is 15.1. The smallest absolute Gasteiger partial charge is 0.115 e. The van der Waals surface area contributed by atoms with Gasteiger partial charge in [0, 0.05) is 5.41 Å². The maximum Gasteiger partial charge on any atom is 0.115 e. The molecule has 2 nitrogen and oxygen atoms in total. The van der Waals surface area contributed by atoms with Crippen LogP contribution in [0.5, 0.6) is 11.5 Å². The SMILES string of the molecule is CC1(C)CCCC(C)(C)C12c1cc(-c3ccc(-c4ccc(O)cc4)cc3)ccc1-c1ccc(-c3ccc(-c4ccc(O)cc4)cc3)cc12. The number of rotatable bonds is 4. The van der Waals surface area contributed by atoms with E-state index in [0.717, 1.165) is 22.3 Å². The lowest BCUT2D eigenvalue weighted by atomic mass is 9.44. The normalized spacial score (nSPS) is 16.8. The molecule has 1 spiro atoms. The number of benzene rings is 6. The Morgan fingerprint density at radius 2 is 0.646 bits per heavy atom. The third-order valence-electron chi connectivity index (χ3n) is 11.6. The monoisotopic (exact) mass is 626 g/mol. The molecule has 0 bridgehead atoms. The van der Waals surface area contributed by atoms with Crippen LogP contribution in [-0.4, -0.2) is 10.2 Å². The van der Waals surface area contributed by atoms with Gasteiger partial charge in [-0.25, -0.2) is 0 Å². The summed E-state index contributed by atoms with van der Waals surface area (Å²) >= 11 is 0. The Balaban J connectivity index is 1.23. The fourth-order valence-electron chi connectivity index (χ4n) is 9.42. The van der Waals surface area contributed by atoms with Crippen LogP contribution in [0, 0.1) is 10.8 Å². The molecule has 0 aromatic heterocycles. The second-order valence-electron chi connectivity index (χ2n) is 15.1. The van der Waals surface area contributed by atoms with E-state index in [9.17, 15) is 10.2 Å². The third kappa shape index (κ3) is 4.61. The molecule has 0 unspecified atom stereocenters. The molecule has 8 rings (SSSR count). The van der Waals surface area contributed by atoms with Crippen LogP contribution >= 0.6 is 0 Å². The van der Waals surface area contributed by atoms with Gasteiger partial charge in [0.25, 0.3) is 0 Å². The maximum absolute atomic E-state index is 9.74. The highest BCUT2D eigenvalue weighted by molar-refractivity contribution is 5.87. The summed E-state index contributed by atoms with van der Waals surface area (Å²) in [6.45, 7) is 10.0. The summed E-state index contributed by atoms with van der Waals surface area (Å²) in [6, 6.07) is 46.9. The first-order valence-corrected chi connectivity index (χ1v) is 17.2. The number of aromatic hydroxyl groups is 2. The van der Waals surface area contributed by atoms with Gasteiger partial charge in [-0.05, 0) is 127 Å². The summed E-state index contributed by atoms with van der Waals surface area (Å²) < 4.78 is 0. The predicted octanol–water partition coefficient (Wildman–Crippen LogP) is 12.3. The number of hydrogen-bond acceptors (Lipinski definition) is 2. The summed E-state index contributed by atoms with van der Waals surface area (Å²) in [4.78, 5) is 0. The summed E-state index contributed by atoms with van der Waals surface area (Å²) in [5.74, 6) is 0.570. The van der Waals surface area contributed by atoms with E-state index in [2.05, 4.69) is 113 Å². The van der Waals surface area contributed by atoms with Crippen LogP contribution in [0.25, 0.3) is 55.6 Å². The van der Waals surface area contributed by atoms with E-state index >= 15 is 0 Å². The van der Waals surface area contributed by atoms with E-state index in [0.29, 0.717) is 0 Å². The van der Waals surface area contributed by atoms with E-state index in [-0.39, 0.29) is 27.7 Å². The Bertz CT molecular complexity index is 1980. The Morgan fingerprint density at radius 1 is 0.375 bits per heavy atom. The Kier molecular flexibility index (Phi) is 6.93. The zero-order chi connectivity index (χ0) is 33.3. The lowest BCUT2D eigenvalue weighted by Gasteiger charge is -2.59. The van der Waals surface area contributed by atoms with Gasteiger partial charge < -0.3 is 10.2 Å². The summed E-state index contributed by atoms with van der Waals surface area (Å²) in [5, 5.41) is 19.5. The third-order valence-corrected chi connectivity index (χ3v) is 11.6. The van der Waals surface area contributed by atoms with Crippen LogP contribution in [0.4, 0.5) is 0 Å². The van der Waals surface area contributed by atoms with E-state index in [1.54, 1.807) is 24.3 Å². The molecule has 48 heavy (non-hydrogen) atoms. The van der Waals surface area contributed by atoms with Crippen molar-refractivity contribution < 1.29 is 10.2 Å². The predicted molar refractivity (Wildman–Crippen MR) is 199 cm³/mol. The molecule has 1 saturated carbocycles. The molecular formula is C46H42O2. The van der Waals surface area contributed by atoms with Gasteiger partial charge in [0.15, 0.2) is 0 Å². The molecule has 0 atom stereocenters. The van der Waals surface area contributed by atoms with Gasteiger partial charge in [0.1, 0.15) is 11.5 Å². The van der Waals surface area contributed by atoms with Crippen molar-refractivity contribution in [2.75, 3.05) is 0 Å². The minimum absolute atomic E-state index is 0.0530. The number of phenols is 2. The minimum atomic E-state index is -0.146. The van der Waals surface area contributed by atoms with E-state index < -0.39 is 0 Å². The van der Waals surface area contributed by atoms with Gasteiger partial charge >= 0.3 is 0 Å². The molecule has 2 aliphatic rings. The van der Waals surface area contributed by atoms with Gasteiger partial charge in [0.2, 0.25) is 0 Å². The Morgan fingerprint density at radius 3 is 0.979 bits per heavy atom. The highest BCUT2D eigenvalue weighted by Gasteiger charge is 2.62. The summed E-state index contributed by atoms with van der Waals surface area (Å²) in [7, 11) is 0. The van der Waals surface area contributed by atoms with Gasteiger partial charge in [-0.15, -0.1) is 0 Å². The molecule has 2 aliphatic carbocycles. The average molecular weight is 627 g/mol. The Labute approximate surface area is 284 Å². The fraction of sp³-hybridized carbons (Fsp3) is 0.217. The first kappa shape index (κ1) is 30.3. The molecule has 2 N–H and O–H groups in total. The van der Waals surface area contributed by atoms with Crippen LogP contribution < -0.4 is 0 Å². The van der Waals surface area contributed by atoms with Crippen LogP contribution in [0.1, 0.15) is 58.1 Å². The van der Waals surface area contributed by atoms with Crippen molar-refractivity contribution in [2.24, 2.45) is 10.8 Å². The molecule has 0 heterocycles. The lowest BCUT2D eigenvalue weighted by molar-refractivity contribution is 0.00880. The maximum atomic E-state index is 9.74. The van der Waals surface area contributed by atoms with Gasteiger partial charge in [-0.2, -0.15) is 0 Å². The molecule has 6 aromatic carbocycles. The molecule has 238 valence electrons. The minimum Gasteiger partial charge on any atom is -0.508 e. The second kappa shape index (κ2) is 11.0. The van der Waals surface area contributed by atoms with Gasteiger partial charge in [-0.3, -0.25) is 0 Å². The highest BCUT2D eigenvalue weighted by Crippen LogP contribution is 2.69. The van der Waals surface area contributed by atoms with Crippen molar-refractivity contribution in [3.8, 4) is 67.1 Å². The van der Waals surface area contributed by atoms with E-state index in [1.165, 1.54) is 63.8 Å². The molecular weight excluding hydrogens is 585 g/mol. The first-order valence-electron chi connectivity index (χ1n) is 17.2. The molecule has 6 aromatic rings. The topological polar surface area (TPSA) is 40.5 Å². The first-order chi connectivity index (χ1) is 23.1. The van der Waals surface area contributed by atoms with Crippen LogP contribution in [0.15, 0.2) is 133 Å². The van der Waals surface area contributed by atoms with E-state index in [4.69, 9.17) is 0 Å². The number of phenolic OH excluding ortho intramolecular Hbond substituents is 2. The largest absolute Gasteiger partial charge is 0.508 e. The highest BCUT2D eigenvalue weighted by atomic mass is 16.3. The fourth-order valence-corrected chi connectivity index (χ4v) is 9.42. The Hall–Kier alpha value is -5.08. The summed E-state index contributed by atoms with van der Waals surface area (Å²) in [5.41, 5.74) is 15.0. The van der Waals surface area contributed by atoms with Crippen LogP contribution in [-0.2, 0) is 5.41 Å². The van der Waals surface area contributed by atoms with E-state index in [1.807, 2.05) is 24.3 Å². The molecule has 0 saturated heterocycles. The quantitative estimate of drug-likeness (QED) is 0.204. The van der Waals surface area contributed by atoms with Crippen LogP contribution in [0.2, 0.25) is 0 Å². The number of fused-ring (bicyclic) bond motifs is 5. The molecule has 2 heteroatoms. The lowest BCUT2D eigenvalue weighted by Crippen LogP contribution is -2.55.